The Balaban J connectivity index is 2.19. The van der Waals surface area contributed by atoms with Crippen molar-refractivity contribution in [1.29, 1.82) is 0 Å². The van der Waals surface area contributed by atoms with Gasteiger partial charge in [0, 0.05) is 30.1 Å². The Morgan fingerprint density at radius 2 is 2.08 bits per heavy atom. The number of ketones is 1. The minimum atomic E-state index is -1.15. The van der Waals surface area contributed by atoms with E-state index in [1.165, 1.54) is 23.0 Å². The summed E-state index contributed by atoms with van der Waals surface area (Å²) in [6, 6.07) is 5.44. The molecule has 0 saturated heterocycles. The molecule has 128 valence electrons. The quantitative estimate of drug-likeness (QED) is 0.678. The smallest absolute Gasteiger partial charge is 0.303 e. The molecule has 0 amide bonds. The lowest BCUT2D eigenvalue weighted by Gasteiger charge is -2.11. The number of aliphatic carboxylic acids is 1. The van der Waals surface area contributed by atoms with E-state index in [4.69, 9.17) is 5.11 Å². The molecule has 0 unspecified atom stereocenters. The molecule has 3 heterocycles. The molecule has 0 spiro atoms. The average Bonchev–Trinajstić information content (AvgIpc) is 3.12. The topological polar surface area (TPSA) is 109 Å². The van der Waals surface area contributed by atoms with Gasteiger partial charge in [0.15, 0.2) is 5.78 Å². The molecule has 7 nitrogen and oxygen atoms in total. The number of nitrogens with zero attached hydrogens (tertiary/aromatic N) is 2. The number of thiophene rings is 1. The van der Waals surface area contributed by atoms with E-state index >= 15 is 0 Å². The first-order chi connectivity index (χ1) is 11.9. The van der Waals surface area contributed by atoms with Gasteiger partial charge in [-0.2, -0.15) is 0 Å². The van der Waals surface area contributed by atoms with Crippen LogP contribution >= 0.6 is 11.3 Å². The Morgan fingerprint density at radius 1 is 1.32 bits per heavy atom. The van der Waals surface area contributed by atoms with E-state index in [0.717, 1.165) is 10.4 Å². The van der Waals surface area contributed by atoms with Crippen LogP contribution in [0, 0.1) is 0 Å². The molecule has 3 aromatic heterocycles. The Kier molecular flexibility index (Phi) is 4.37. The fourth-order valence-corrected chi connectivity index (χ4v) is 3.28. The lowest BCUT2D eigenvalue weighted by atomic mass is 10.0. The average molecular weight is 358 g/mol. The van der Waals surface area contributed by atoms with E-state index in [1.807, 2.05) is 17.5 Å². The summed E-state index contributed by atoms with van der Waals surface area (Å²) in [5.41, 5.74) is -0.101. The summed E-state index contributed by atoms with van der Waals surface area (Å²) in [4.78, 5) is 40.5. The molecule has 0 aliphatic heterocycles. The number of rotatable bonds is 5. The summed E-state index contributed by atoms with van der Waals surface area (Å²) in [6.07, 6.45) is 0.827. The highest BCUT2D eigenvalue weighted by atomic mass is 32.1. The molecule has 0 atom stereocenters. The van der Waals surface area contributed by atoms with Crippen LogP contribution in [0.4, 0.5) is 0 Å². The van der Waals surface area contributed by atoms with E-state index in [0.29, 0.717) is 0 Å². The summed E-state index contributed by atoms with van der Waals surface area (Å²) in [5.74, 6) is -2.31. The van der Waals surface area contributed by atoms with Crippen molar-refractivity contribution in [2.24, 2.45) is 7.05 Å². The zero-order valence-electron chi connectivity index (χ0n) is 13.2. The second-order valence-corrected chi connectivity index (χ2v) is 6.42. The second-order valence-electron chi connectivity index (χ2n) is 5.48. The van der Waals surface area contributed by atoms with Gasteiger partial charge in [0.05, 0.1) is 11.8 Å². The zero-order valence-corrected chi connectivity index (χ0v) is 14.0. The maximum atomic E-state index is 12.4. The molecule has 0 fully saturated rings. The van der Waals surface area contributed by atoms with Gasteiger partial charge >= 0.3 is 5.97 Å². The molecule has 0 aromatic carbocycles. The number of hydrogen-bond acceptors (Lipinski definition) is 6. The van der Waals surface area contributed by atoms with Crippen LogP contribution in [-0.2, 0) is 11.8 Å². The highest BCUT2D eigenvalue weighted by molar-refractivity contribution is 7.13. The summed E-state index contributed by atoms with van der Waals surface area (Å²) >= 11 is 1.50. The highest BCUT2D eigenvalue weighted by Gasteiger charge is 2.22. The van der Waals surface area contributed by atoms with Crippen molar-refractivity contribution in [3.05, 3.63) is 45.7 Å². The molecule has 0 aliphatic carbocycles. The van der Waals surface area contributed by atoms with Gasteiger partial charge in [0.25, 0.3) is 5.56 Å². The first kappa shape index (κ1) is 16.8. The Morgan fingerprint density at radius 3 is 2.72 bits per heavy atom. The van der Waals surface area contributed by atoms with Gasteiger partial charge in [-0.1, -0.05) is 6.07 Å². The SMILES string of the molecule is Cn1c(=O)c(C(=O)CCC(=O)O)c(O)c2cc(-c3cccs3)cnc21. The van der Waals surface area contributed by atoms with Gasteiger partial charge in [-0.05, 0) is 17.5 Å². The van der Waals surface area contributed by atoms with Crippen LogP contribution in [0.3, 0.4) is 0 Å². The van der Waals surface area contributed by atoms with Gasteiger partial charge in [-0.3, -0.25) is 19.0 Å². The first-order valence-electron chi connectivity index (χ1n) is 7.40. The van der Waals surface area contributed by atoms with Gasteiger partial charge in [0.2, 0.25) is 0 Å². The van der Waals surface area contributed by atoms with Crippen molar-refractivity contribution in [1.82, 2.24) is 9.55 Å². The van der Waals surface area contributed by atoms with Crippen LogP contribution in [0.25, 0.3) is 21.5 Å². The van der Waals surface area contributed by atoms with Gasteiger partial charge in [-0.25, -0.2) is 4.98 Å². The van der Waals surface area contributed by atoms with E-state index < -0.39 is 35.0 Å². The largest absolute Gasteiger partial charge is 0.506 e. The fraction of sp³-hybridized carbons (Fsp3) is 0.176. The highest BCUT2D eigenvalue weighted by Crippen LogP contribution is 2.31. The number of fused-ring (bicyclic) bond motifs is 1. The Bertz CT molecular complexity index is 1040. The van der Waals surface area contributed by atoms with Crippen molar-refractivity contribution in [3.8, 4) is 16.2 Å². The maximum absolute atomic E-state index is 12.4. The third-order valence-corrected chi connectivity index (χ3v) is 4.76. The number of pyridine rings is 2. The number of Topliss-reactive ketones (excluding diaryl/α,β-unsaturated/α-hetero) is 1. The number of carboxylic acid groups (broad SMARTS) is 1. The standard InChI is InChI=1S/C17H14N2O5S/c1-19-16-10(7-9(8-18-16)12-3-2-6-25-12)15(23)14(17(19)24)11(20)4-5-13(21)22/h2-3,6-8,23H,4-5H2,1H3,(H,21,22). The molecule has 3 rings (SSSR count). The van der Waals surface area contributed by atoms with Crippen LogP contribution in [0.1, 0.15) is 23.2 Å². The molecule has 0 radical (unpaired) electrons. The number of aryl methyl sites for hydroxylation is 1. The number of carbonyl (C=O) groups excluding carboxylic acids is 1. The number of carboxylic acids is 1. The third kappa shape index (κ3) is 3.03. The third-order valence-electron chi connectivity index (χ3n) is 3.85. The van der Waals surface area contributed by atoms with Crippen molar-refractivity contribution >= 4 is 34.1 Å². The molecule has 3 aromatic rings. The van der Waals surface area contributed by atoms with Crippen LogP contribution in [-0.4, -0.2) is 31.5 Å². The summed E-state index contributed by atoms with van der Waals surface area (Å²) < 4.78 is 1.18. The monoisotopic (exact) mass is 358 g/mol. The summed E-state index contributed by atoms with van der Waals surface area (Å²) in [5, 5.41) is 21.4. The van der Waals surface area contributed by atoms with Crippen molar-refractivity contribution < 1.29 is 19.8 Å². The van der Waals surface area contributed by atoms with Crippen molar-refractivity contribution in [2.45, 2.75) is 12.8 Å². The number of carbonyl (C=O) groups is 2. The van der Waals surface area contributed by atoms with Crippen LogP contribution in [0.15, 0.2) is 34.6 Å². The molecule has 2 N–H and O–H groups in total. The van der Waals surface area contributed by atoms with Gasteiger partial charge in [0.1, 0.15) is 17.0 Å². The predicted molar refractivity (Wildman–Crippen MR) is 93.2 cm³/mol. The molecule has 0 aliphatic rings. The molecular weight excluding hydrogens is 344 g/mol. The van der Waals surface area contributed by atoms with Crippen LogP contribution < -0.4 is 5.56 Å². The van der Waals surface area contributed by atoms with E-state index in [9.17, 15) is 19.5 Å². The maximum Gasteiger partial charge on any atom is 0.303 e. The number of aromatic hydroxyl groups is 1. The minimum absolute atomic E-state index is 0.248. The lowest BCUT2D eigenvalue weighted by Crippen LogP contribution is -2.25. The predicted octanol–water partition coefficient (Wildman–Crippen LogP) is 2.42. The zero-order chi connectivity index (χ0) is 18.1. The summed E-state index contributed by atoms with van der Waals surface area (Å²) in [6.45, 7) is 0. The second kappa shape index (κ2) is 6.48. The van der Waals surface area contributed by atoms with E-state index in [-0.39, 0.29) is 17.5 Å². The van der Waals surface area contributed by atoms with Crippen LogP contribution in [0.5, 0.6) is 5.75 Å². The molecule has 8 heteroatoms. The minimum Gasteiger partial charge on any atom is -0.506 e. The number of aromatic nitrogens is 2. The first-order valence-corrected chi connectivity index (χ1v) is 8.28. The molecule has 0 bridgehead atoms. The van der Waals surface area contributed by atoms with Gasteiger partial charge < -0.3 is 10.2 Å². The van der Waals surface area contributed by atoms with Crippen LogP contribution in [0.2, 0.25) is 0 Å². The van der Waals surface area contributed by atoms with E-state index in [1.54, 1.807) is 12.3 Å². The Hall–Kier alpha value is -3.00. The Labute approximate surface area is 145 Å². The molecule has 0 saturated carbocycles. The molecular formula is C17H14N2O5S. The number of hydrogen-bond donors (Lipinski definition) is 2. The normalized spacial score (nSPS) is 10.9. The summed E-state index contributed by atoms with van der Waals surface area (Å²) in [7, 11) is 1.45. The van der Waals surface area contributed by atoms with Crippen molar-refractivity contribution in [2.75, 3.05) is 0 Å². The van der Waals surface area contributed by atoms with Crippen molar-refractivity contribution in [3.63, 3.8) is 0 Å². The lowest BCUT2D eigenvalue weighted by molar-refractivity contribution is -0.136. The van der Waals surface area contributed by atoms with E-state index in [2.05, 4.69) is 4.98 Å². The van der Waals surface area contributed by atoms with Gasteiger partial charge in [-0.15, -0.1) is 11.3 Å². The molecule has 25 heavy (non-hydrogen) atoms. The fourth-order valence-electron chi connectivity index (χ4n) is 2.57.